The Morgan fingerprint density at radius 3 is 1.92 bits per heavy atom. The van der Waals surface area contributed by atoms with E-state index in [9.17, 15) is 68.1 Å². The number of imidazole rings is 1. The summed E-state index contributed by atoms with van der Waals surface area (Å²) in [5, 5.41) is 51.5. The van der Waals surface area contributed by atoms with Crippen molar-refractivity contribution >= 4 is 70.1 Å². The van der Waals surface area contributed by atoms with Crippen LogP contribution >= 0.6 is 0 Å². The van der Waals surface area contributed by atoms with Crippen LogP contribution in [0, 0.1) is 0 Å². The molecule has 1 aliphatic carbocycles. The van der Waals surface area contributed by atoms with E-state index in [1.165, 1.54) is 102 Å². The van der Waals surface area contributed by atoms with E-state index in [0.29, 0.717) is 34.2 Å². The van der Waals surface area contributed by atoms with Gasteiger partial charge in [-0.3, -0.25) is 47.9 Å². The lowest BCUT2D eigenvalue weighted by Gasteiger charge is -2.27. The number of aromatic hydroxyl groups is 1. The number of primary amides is 1. The fourth-order valence-corrected chi connectivity index (χ4v) is 8.82. The van der Waals surface area contributed by atoms with Crippen LogP contribution in [0.25, 0.3) is 33.4 Å². The van der Waals surface area contributed by atoms with E-state index in [0.717, 1.165) is 0 Å². The number of fused-ring (bicyclic) bond motifs is 2. The Labute approximate surface area is 474 Å². The van der Waals surface area contributed by atoms with Crippen molar-refractivity contribution in [3.8, 4) is 28.2 Å². The molecule has 0 spiro atoms. The first-order valence-corrected chi connectivity index (χ1v) is 26.3. The number of hydrogen-bond donors (Lipinski definition) is 13. The molecule has 0 radical (unpaired) electrons. The Balaban J connectivity index is 0.988. The van der Waals surface area contributed by atoms with Gasteiger partial charge in [-0.15, -0.1) is 0 Å². The number of aliphatic hydroxyl groups excluding tert-OH is 1. The highest BCUT2D eigenvalue weighted by molar-refractivity contribution is 6.09. The van der Waals surface area contributed by atoms with E-state index in [-0.39, 0.29) is 71.4 Å². The number of aromatic nitrogens is 2. The van der Waals surface area contributed by atoms with Crippen molar-refractivity contribution in [2.24, 2.45) is 5.73 Å². The molecule has 9 amide bonds. The number of H-pyrrole nitrogens is 1. The number of phenols is 1. The van der Waals surface area contributed by atoms with Gasteiger partial charge in [0, 0.05) is 72.4 Å². The maximum Gasteiger partial charge on any atom is 0.336 e. The smallest absolute Gasteiger partial charge is 0.336 e. The Hall–Kier alpha value is -9.98. The highest BCUT2D eigenvalue weighted by Gasteiger charge is 2.34. The number of nitrogens with one attached hydrogen (secondary N) is 9. The van der Waals surface area contributed by atoms with Gasteiger partial charge in [-0.05, 0) is 101 Å². The van der Waals surface area contributed by atoms with E-state index < -0.39 is 108 Å². The average Bonchev–Trinajstić information content (AvgIpc) is 2.94. The minimum Gasteiger partial charge on any atom is -0.508 e. The zero-order valence-corrected chi connectivity index (χ0v) is 45.9. The molecule has 438 valence electrons. The number of aromatic amines is 1. The molecular weight excluding hydrogens is 1080 g/mol. The van der Waals surface area contributed by atoms with Crippen molar-refractivity contribution in [3.63, 3.8) is 0 Å². The molecule has 0 unspecified atom stereocenters. The third-order valence-electron chi connectivity index (χ3n) is 13.2. The minimum atomic E-state index is -1.66. The van der Waals surface area contributed by atoms with Crippen molar-refractivity contribution in [1.29, 1.82) is 0 Å². The number of hydrogen-bond acceptors (Lipinski definition) is 15. The van der Waals surface area contributed by atoms with Gasteiger partial charge in [0.05, 0.1) is 18.0 Å². The number of aromatic carboxylic acids is 1. The Morgan fingerprint density at radius 1 is 0.663 bits per heavy atom. The fourth-order valence-electron chi connectivity index (χ4n) is 8.82. The number of aliphatic hydroxyl groups is 1. The SMILES string of the molecule is CC(=O)N[C@H](CCCCNC(=O)c1ccc(C(=O)O)c(-c2c3ccc(=O)cc-3oc3cc(O)ccc23)c1)C(=O)N[C@H](C)C(=O)N[C@H](C)C(=O)N[C@H](C)C(=O)N[C@@H](C(=O)N[C@H](Cc1cnc[nH]1)C(=O)N[C@H](Cc1ccccc1)C(N)=O)[C@H](C)O. The van der Waals surface area contributed by atoms with Gasteiger partial charge in [0.25, 0.3) is 5.91 Å². The van der Waals surface area contributed by atoms with E-state index in [4.69, 9.17) is 10.2 Å². The highest BCUT2D eigenvalue weighted by Crippen LogP contribution is 2.42. The second-order valence-corrected chi connectivity index (χ2v) is 19.8. The standard InChI is InChI=1S/C57H65N11O15/c1-28(50(74)63-30(3)52(76)68-48(31(4)69)56(80)67-44(23-35-26-59-27-61-35)55(79)66-43(49(58)73)21-33-11-7-6-8-12-33)62-51(75)29(2)64-54(78)42(65-32(5)70)13-9-10-20-60-53(77)34-14-17-38(57(81)82)41(22-34)47-39-18-15-36(71)24-45(39)83-46-25-37(72)16-19-40(46)47/h6-8,11-12,14-19,22,24-31,42-44,48,69,71H,9-10,13,20-21,23H2,1-5H3,(H2,58,73)(H,59,61)(H,60,77)(H,62,75)(H,63,74)(H,64,78)(H,65,70)(H,66,79)(H,67,80)(H,68,76)(H,81,82)/t28-,29-,30-,31+,42-,43-,44-,48-/m1/s1. The lowest BCUT2D eigenvalue weighted by atomic mass is 9.89. The van der Waals surface area contributed by atoms with Crippen LogP contribution in [0.1, 0.15) is 85.9 Å². The maximum atomic E-state index is 13.7. The molecule has 4 aromatic rings. The summed E-state index contributed by atoms with van der Waals surface area (Å²) in [6, 6.07) is 11.8. The zero-order valence-electron chi connectivity index (χ0n) is 45.9. The molecule has 1 aliphatic heterocycles. The van der Waals surface area contributed by atoms with Crippen LogP contribution in [0.4, 0.5) is 0 Å². The number of phenolic OH excluding ortho intramolecular Hbond substituents is 1. The van der Waals surface area contributed by atoms with Crippen LogP contribution in [0.15, 0.2) is 107 Å². The number of carbonyl (C=O) groups excluding carboxylic acids is 9. The monoisotopic (exact) mass is 1140 g/mol. The molecule has 14 N–H and O–H groups in total. The average molecular weight is 1140 g/mol. The minimum absolute atomic E-state index is 0.0484. The van der Waals surface area contributed by atoms with Gasteiger partial charge >= 0.3 is 5.97 Å². The lowest BCUT2D eigenvalue weighted by Crippen LogP contribution is -2.61. The van der Waals surface area contributed by atoms with Crippen molar-refractivity contribution < 1.29 is 67.7 Å². The summed E-state index contributed by atoms with van der Waals surface area (Å²) in [5.74, 6) is -8.40. The van der Waals surface area contributed by atoms with Crippen LogP contribution in [0.5, 0.6) is 5.75 Å². The van der Waals surface area contributed by atoms with Crippen LogP contribution in [0.2, 0.25) is 0 Å². The summed E-state index contributed by atoms with van der Waals surface area (Å²) in [6.45, 7) is 6.40. The number of unbranched alkanes of at least 4 members (excludes halogenated alkanes) is 1. The first-order chi connectivity index (χ1) is 39.4. The predicted molar refractivity (Wildman–Crippen MR) is 299 cm³/mol. The number of rotatable bonds is 27. The van der Waals surface area contributed by atoms with Crippen molar-refractivity contribution in [2.75, 3.05) is 6.54 Å². The molecule has 2 aliphatic rings. The molecule has 0 saturated heterocycles. The van der Waals surface area contributed by atoms with E-state index >= 15 is 0 Å². The molecule has 8 atom stereocenters. The van der Waals surface area contributed by atoms with Crippen molar-refractivity contribution in [3.05, 3.63) is 130 Å². The number of nitrogens with zero attached hydrogens (tertiary/aromatic N) is 1. The summed E-state index contributed by atoms with van der Waals surface area (Å²) in [7, 11) is 0. The van der Waals surface area contributed by atoms with Crippen LogP contribution in [0.3, 0.4) is 0 Å². The summed E-state index contributed by atoms with van der Waals surface area (Å²) >= 11 is 0. The maximum absolute atomic E-state index is 13.7. The molecule has 26 nitrogen and oxygen atoms in total. The van der Waals surface area contributed by atoms with Gasteiger partial charge in [0.15, 0.2) is 5.43 Å². The normalized spacial score (nSPS) is 14.0. The summed E-state index contributed by atoms with van der Waals surface area (Å²) in [4.78, 5) is 150. The molecule has 0 saturated carbocycles. The van der Waals surface area contributed by atoms with E-state index in [2.05, 4.69) is 52.5 Å². The van der Waals surface area contributed by atoms with Gasteiger partial charge < -0.3 is 73.0 Å². The van der Waals surface area contributed by atoms with Gasteiger partial charge in [-0.1, -0.05) is 30.3 Å². The fraction of sp³-hybridized carbons (Fsp3) is 0.333. The number of carboxylic acids is 1. The number of nitrogens with two attached hydrogens (primary N) is 1. The molecule has 1 aromatic heterocycles. The molecule has 6 rings (SSSR count). The van der Waals surface area contributed by atoms with Gasteiger partial charge in [0.2, 0.25) is 47.3 Å². The second-order valence-electron chi connectivity index (χ2n) is 19.8. The van der Waals surface area contributed by atoms with Crippen molar-refractivity contribution in [1.82, 2.24) is 52.5 Å². The highest BCUT2D eigenvalue weighted by atomic mass is 16.4. The second kappa shape index (κ2) is 28.4. The first kappa shape index (κ1) is 62.2. The van der Waals surface area contributed by atoms with Crippen LogP contribution in [-0.4, -0.2) is 139 Å². The lowest BCUT2D eigenvalue weighted by molar-refractivity contribution is -0.136. The molecule has 3 aromatic carbocycles. The topological polar surface area (TPSA) is 413 Å². The van der Waals surface area contributed by atoms with Gasteiger partial charge in [0.1, 0.15) is 59.4 Å². The summed E-state index contributed by atoms with van der Waals surface area (Å²) < 4.78 is 5.89. The molecule has 0 fully saturated rings. The number of amides is 9. The molecule has 26 heteroatoms. The van der Waals surface area contributed by atoms with Crippen LogP contribution in [-0.2, 0) is 51.2 Å². The molecule has 83 heavy (non-hydrogen) atoms. The predicted octanol–water partition coefficient (Wildman–Crippen LogP) is 0.417. The molecule has 0 bridgehead atoms. The summed E-state index contributed by atoms with van der Waals surface area (Å²) in [6.07, 6.45) is 1.78. The summed E-state index contributed by atoms with van der Waals surface area (Å²) in [5.41, 5.74) is 7.34. The number of benzene rings is 4. The third-order valence-corrected chi connectivity index (χ3v) is 13.2. The Morgan fingerprint density at radius 2 is 1.30 bits per heavy atom. The first-order valence-electron chi connectivity index (χ1n) is 26.3. The number of carboxylic acid groups (broad SMARTS) is 1. The molecular formula is C57H65N11O15. The van der Waals surface area contributed by atoms with E-state index in [1.807, 2.05) is 0 Å². The molecule has 2 heterocycles. The van der Waals surface area contributed by atoms with Crippen molar-refractivity contribution in [2.45, 2.75) is 115 Å². The Bertz CT molecular complexity index is 3400. The van der Waals surface area contributed by atoms with Crippen LogP contribution < -0.4 is 53.7 Å². The largest absolute Gasteiger partial charge is 0.508 e. The zero-order chi connectivity index (χ0) is 60.7. The van der Waals surface area contributed by atoms with Gasteiger partial charge in [-0.2, -0.15) is 0 Å². The number of carbonyl (C=O) groups is 10. The van der Waals surface area contributed by atoms with E-state index in [1.54, 1.807) is 30.3 Å². The third kappa shape index (κ3) is 17.0. The Kier molecular flexibility index (Phi) is 21.3. The quantitative estimate of drug-likeness (QED) is 0.0245. The van der Waals surface area contributed by atoms with Gasteiger partial charge in [-0.25, -0.2) is 9.78 Å².